The van der Waals surface area contributed by atoms with Crippen LogP contribution >= 0.6 is 0 Å². The van der Waals surface area contributed by atoms with Crippen molar-refractivity contribution in [1.82, 2.24) is 0 Å². The first-order chi connectivity index (χ1) is 5.86. The molecule has 1 heteroatoms. The number of carbonyl (C=O) groups excluding carboxylic acids is 1. The van der Waals surface area contributed by atoms with E-state index >= 15 is 0 Å². The van der Waals surface area contributed by atoms with Gasteiger partial charge in [-0.25, -0.2) is 0 Å². The van der Waals surface area contributed by atoms with Crippen molar-refractivity contribution in [3.05, 3.63) is 0 Å². The Morgan fingerprint density at radius 1 is 1.00 bits per heavy atom. The fraction of sp³-hybridized carbons (Fsp3) is 0.917. The van der Waals surface area contributed by atoms with Crippen LogP contribution in [0, 0.1) is 23.7 Å². The molecule has 13 heavy (non-hydrogen) atoms. The van der Waals surface area contributed by atoms with Gasteiger partial charge < -0.3 is 0 Å². The van der Waals surface area contributed by atoms with Crippen molar-refractivity contribution < 1.29 is 4.79 Å². The summed E-state index contributed by atoms with van der Waals surface area (Å²) in [6.07, 6.45) is 1.04. The van der Waals surface area contributed by atoms with E-state index in [9.17, 15) is 4.79 Å². The van der Waals surface area contributed by atoms with Gasteiger partial charge in [-0.05, 0) is 18.3 Å². The van der Waals surface area contributed by atoms with Gasteiger partial charge in [-0.1, -0.05) is 41.5 Å². The molecule has 0 aromatic carbocycles. The van der Waals surface area contributed by atoms with Gasteiger partial charge in [0.25, 0.3) is 0 Å². The number of rotatable bonds is 5. The highest BCUT2D eigenvalue weighted by Crippen LogP contribution is 2.23. The first-order valence-electron chi connectivity index (χ1n) is 5.40. The van der Waals surface area contributed by atoms with E-state index in [4.69, 9.17) is 0 Å². The molecule has 0 fully saturated rings. The van der Waals surface area contributed by atoms with Gasteiger partial charge in [0.1, 0.15) is 5.78 Å². The summed E-state index contributed by atoms with van der Waals surface area (Å²) in [6, 6.07) is 0. The second kappa shape index (κ2) is 5.41. The normalized spacial score (nSPS) is 14.2. The molecule has 0 saturated heterocycles. The van der Waals surface area contributed by atoms with E-state index < -0.39 is 0 Å². The summed E-state index contributed by atoms with van der Waals surface area (Å²) in [5, 5.41) is 0. The SMILES string of the molecule is CC(C)C[C@@H](C(=O)C(C)C)C(C)C. The molecule has 0 aromatic heterocycles. The average Bonchev–Trinajstić information content (AvgIpc) is 1.97. The third-order valence-corrected chi connectivity index (χ3v) is 2.46. The van der Waals surface area contributed by atoms with E-state index in [1.807, 2.05) is 13.8 Å². The molecule has 0 rings (SSSR count). The molecule has 0 aliphatic heterocycles. The number of hydrogen-bond donors (Lipinski definition) is 0. The molecule has 0 aliphatic rings. The second-order valence-electron chi connectivity index (χ2n) is 5.04. The quantitative estimate of drug-likeness (QED) is 0.639. The van der Waals surface area contributed by atoms with E-state index in [1.165, 1.54) is 0 Å². The Morgan fingerprint density at radius 3 is 1.69 bits per heavy atom. The molecule has 0 spiro atoms. The summed E-state index contributed by atoms with van der Waals surface area (Å²) in [4.78, 5) is 11.8. The molecule has 0 saturated carbocycles. The van der Waals surface area contributed by atoms with Gasteiger partial charge >= 0.3 is 0 Å². The maximum absolute atomic E-state index is 11.8. The fourth-order valence-corrected chi connectivity index (χ4v) is 1.65. The molecular formula is C12H24O. The van der Waals surface area contributed by atoms with Crippen LogP contribution in [0.2, 0.25) is 0 Å². The number of hydrogen-bond acceptors (Lipinski definition) is 1. The molecule has 0 heterocycles. The molecule has 0 aliphatic carbocycles. The van der Waals surface area contributed by atoms with Gasteiger partial charge in [-0.3, -0.25) is 4.79 Å². The monoisotopic (exact) mass is 184 g/mol. The lowest BCUT2D eigenvalue weighted by Gasteiger charge is -2.23. The lowest BCUT2D eigenvalue weighted by Crippen LogP contribution is -2.25. The Hall–Kier alpha value is -0.330. The summed E-state index contributed by atoms with van der Waals surface area (Å²) in [5.74, 6) is 1.99. The first kappa shape index (κ1) is 12.7. The zero-order valence-corrected chi connectivity index (χ0v) is 9.92. The van der Waals surface area contributed by atoms with E-state index in [1.54, 1.807) is 0 Å². The number of Topliss-reactive ketones (excluding diaryl/α,β-unsaturated/α-hetero) is 1. The van der Waals surface area contributed by atoms with Gasteiger partial charge in [-0.15, -0.1) is 0 Å². The predicted molar refractivity (Wildman–Crippen MR) is 57.6 cm³/mol. The Balaban J connectivity index is 4.33. The topological polar surface area (TPSA) is 17.1 Å². The van der Waals surface area contributed by atoms with Crippen LogP contribution in [0.1, 0.15) is 48.0 Å². The first-order valence-corrected chi connectivity index (χ1v) is 5.40. The molecule has 1 nitrogen and oxygen atoms in total. The predicted octanol–water partition coefficient (Wildman–Crippen LogP) is 3.53. The zero-order valence-electron chi connectivity index (χ0n) is 9.92. The van der Waals surface area contributed by atoms with Crippen molar-refractivity contribution >= 4 is 5.78 Å². The zero-order chi connectivity index (χ0) is 10.6. The molecule has 0 bridgehead atoms. The standard InChI is InChI=1S/C12H24O/c1-8(2)7-11(9(3)4)12(13)10(5)6/h8-11H,7H2,1-6H3/t11-/m1/s1. The molecule has 0 aromatic rings. The summed E-state index contributed by atoms with van der Waals surface area (Å²) < 4.78 is 0. The van der Waals surface area contributed by atoms with Crippen LogP contribution in [-0.4, -0.2) is 5.78 Å². The third-order valence-electron chi connectivity index (χ3n) is 2.46. The van der Waals surface area contributed by atoms with Gasteiger partial charge in [0.2, 0.25) is 0 Å². The van der Waals surface area contributed by atoms with Crippen molar-refractivity contribution in [2.24, 2.45) is 23.7 Å². The van der Waals surface area contributed by atoms with Crippen molar-refractivity contribution in [3.8, 4) is 0 Å². The Bertz CT molecular complexity index is 157. The largest absolute Gasteiger partial charge is 0.299 e. The van der Waals surface area contributed by atoms with Gasteiger partial charge in [0.05, 0.1) is 0 Å². The minimum Gasteiger partial charge on any atom is -0.299 e. The highest BCUT2D eigenvalue weighted by atomic mass is 16.1. The maximum atomic E-state index is 11.8. The van der Waals surface area contributed by atoms with E-state index in [0.717, 1.165) is 6.42 Å². The van der Waals surface area contributed by atoms with E-state index in [-0.39, 0.29) is 11.8 Å². The molecule has 1 atom stereocenters. The van der Waals surface area contributed by atoms with Crippen LogP contribution in [0.3, 0.4) is 0 Å². The smallest absolute Gasteiger partial charge is 0.138 e. The van der Waals surface area contributed by atoms with Crippen molar-refractivity contribution in [2.75, 3.05) is 0 Å². The minimum absolute atomic E-state index is 0.186. The molecule has 78 valence electrons. The summed E-state index contributed by atoms with van der Waals surface area (Å²) in [5.41, 5.74) is 0. The van der Waals surface area contributed by atoms with E-state index in [0.29, 0.717) is 17.6 Å². The van der Waals surface area contributed by atoms with Gasteiger partial charge in [0, 0.05) is 11.8 Å². The van der Waals surface area contributed by atoms with Crippen LogP contribution in [0.15, 0.2) is 0 Å². The molecule has 0 amide bonds. The third kappa shape index (κ3) is 4.44. The van der Waals surface area contributed by atoms with Gasteiger partial charge in [0.15, 0.2) is 0 Å². The van der Waals surface area contributed by atoms with Crippen molar-refractivity contribution in [1.29, 1.82) is 0 Å². The Kier molecular flexibility index (Phi) is 5.27. The Labute approximate surface area is 82.9 Å². The van der Waals surface area contributed by atoms with Crippen LogP contribution < -0.4 is 0 Å². The summed E-state index contributed by atoms with van der Waals surface area (Å²) in [6.45, 7) is 12.7. The maximum Gasteiger partial charge on any atom is 0.138 e. The number of ketones is 1. The average molecular weight is 184 g/mol. The summed E-state index contributed by atoms with van der Waals surface area (Å²) >= 11 is 0. The van der Waals surface area contributed by atoms with Crippen LogP contribution in [0.25, 0.3) is 0 Å². The lowest BCUT2D eigenvalue weighted by atomic mass is 9.81. The lowest BCUT2D eigenvalue weighted by molar-refractivity contribution is -0.127. The molecule has 0 N–H and O–H groups in total. The fourth-order valence-electron chi connectivity index (χ4n) is 1.65. The van der Waals surface area contributed by atoms with Crippen molar-refractivity contribution in [2.45, 2.75) is 48.0 Å². The minimum atomic E-state index is 0.186. The molecule has 0 unspecified atom stereocenters. The number of carbonyl (C=O) groups is 1. The van der Waals surface area contributed by atoms with Crippen LogP contribution in [0.4, 0.5) is 0 Å². The van der Waals surface area contributed by atoms with E-state index in [2.05, 4.69) is 27.7 Å². The molecule has 0 radical (unpaired) electrons. The highest BCUT2D eigenvalue weighted by molar-refractivity contribution is 5.82. The Morgan fingerprint density at radius 2 is 1.46 bits per heavy atom. The van der Waals surface area contributed by atoms with Gasteiger partial charge in [-0.2, -0.15) is 0 Å². The second-order valence-corrected chi connectivity index (χ2v) is 5.04. The molecular weight excluding hydrogens is 160 g/mol. The van der Waals surface area contributed by atoms with Crippen LogP contribution in [-0.2, 0) is 4.79 Å². The van der Waals surface area contributed by atoms with Crippen molar-refractivity contribution in [3.63, 3.8) is 0 Å². The summed E-state index contributed by atoms with van der Waals surface area (Å²) in [7, 11) is 0. The highest BCUT2D eigenvalue weighted by Gasteiger charge is 2.24. The van der Waals surface area contributed by atoms with Crippen LogP contribution in [0.5, 0.6) is 0 Å².